The Bertz CT molecular complexity index is 780. The van der Waals surface area contributed by atoms with Crippen LogP contribution >= 0.6 is 0 Å². The lowest BCUT2D eigenvalue weighted by Crippen LogP contribution is -2.31. The fraction of sp³-hybridized carbons (Fsp3) is 0.364. The van der Waals surface area contributed by atoms with Gasteiger partial charge in [0.05, 0.1) is 13.7 Å². The standard InChI is InChI=1S/C22H27N3O3/c1-28-20-12-10-18(11-13-20)23-16-21(26)24-19-8-6-17(7-9-19)22(27)25-14-4-2-3-5-15-25/h6-13,23H,2-5,14-16H2,1H3,(H,24,26). The van der Waals surface area contributed by atoms with Gasteiger partial charge in [0.25, 0.3) is 5.91 Å². The van der Waals surface area contributed by atoms with Crippen LogP contribution in [0.2, 0.25) is 0 Å². The van der Waals surface area contributed by atoms with E-state index in [1.165, 1.54) is 12.8 Å². The molecule has 28 heavy (non-hydrogen) atoms. The van der Waals surface area contributed by atoms with Gasteiger partial charge in [-0.15, -0.1) is 0 Å². The minimum absolute atomic E-state index is 0.0703. The fourth-order valence-corrected chi connectivity index (χ4v) is 3.25. The second-order valence-electron chi connectivity index (χ2n) is 6.91. The third-order valence-electron chi connectivity index (χ3n) is 4.85. The van der Waals surface area contributed by atoms with Crippen LogP contribution in [-0.4, -0.2) is 43.5 Å². The molecule has 0 radical (unpaired) electrons. The molecule has 2 amide bonds. The number of benzene rings is 2. The van der Waals surface area contributed by atoms with E-state index in [9.17, 15) is 9.59 Å². The molecule has 1 heterocycles. The van der Waals surface area contributed by atoms with Crippen molar-refractivity contribution in [3.05, 3.63) is 54.1 Å². The molecule has 0 spiro atoms. The number of ether oxygens (including phenoxy) is 1. The molecule has 1 saturated heterocycles. The van der Waals surface area contributed by atoms with Gasteiger partial charge in [-0.2, -0.15) is 0 Å². The summed E-state index contributed by atoms with van der Waals surface area (Å²) in [5.74, 6) is 0.688. The van der Waals surface area contributed by atoms with Crippen molar-refractivity contribution in [2.75, 3.05) is 37.4 Å². The van der Waals surface area contributed by atoms with Gasteiger partial charge < -0.3 is 20.3 Å². The number of methoxy groups -OCH3 is 1. The average molecular weight is 381 g/mol. The molecule has 0 aliphatic carbocycles. The Labute approximate surface area is 165 Å². The topological polar surface area (TPSA) is 70.7 Å². The molecule has 6 nitrogen and oxygen atoms in total. The number of likely N-dealkylation sites (tertiary alicyclic amines) is 1. The van der Waals surface area contributed by atoms with Gasteiger partial charge in [0, 0.05) is 30.0 Å². The number of anilines is 2. The van der Waals surface area contributed by atoms with Crippen LogP contribution in [0.5, 0.6) is 5.75 Å². The number of hydrogen-bond donors (Lipinski definition) is 2. The normalized spacial score (nSPS) is 14.1. The molecule has 2 N–H and O–H groups in total. The first-order chi connectivity index (χ1) is 13.7. The Hall–Kier alpha value is -3.02. The van der Waals surface area contributed by atoms with E-state index in [1.807, 2.05) is 29.2 Å². The number of nitrogens with zero attached hydrogens (tertiary/aromatic N) is 1. The molecular formula is C22H27N3O3. The smallest absolute Gasteiger partial charge is 0.253 e. The lowest BCUT2D eigenvalue weighted by atomic mass is 10.1. The lowest BCUT2D eigenvalue weighted by molar-refractivity contribution is -0.114. The van der Waals surface area contributed by atoms with Crippen molar-refractivity contribution < 1.29 is 14.3 Å². The predicted molar refractivity (Wildman–Crippen MR) is 111 cm³/mol. The second-order valence-corrected chi connectivity index (χ2v) is 6.91. The van der Waals surface area contributed by atoms with E-state index in [0.717, 1.165) is 37.4 Å². The van der Waals surface area contributed by atoms with Crippen LogP contribution in [0.4, 0.5) is 11.4 Å². The molecule has 1 aliphatic heterocycles. The van der Waals surface area contributed by atoms with Gasteiger partial charge in [-0.25, -0.2) is 0 Å². The molecule has 1 aliphatic rings. The molecule has 0 saturated carbocycles. The SMILES string of the molecule is COc1ccc(NCC(=O)Nc2ccc(C(=O)N3CCCCCC3)cc2)cc1. The largest absolute Gasteiger partial charge is 0.497 e. The first kappa shape index (κ1) is 19.7. The summed E-state index contributed by atoms with van der Waals surface area (Å²) in [4.78, 5) is 26.7. The summed E-state index contributed by atoms with van der Waals surface area (Å²) in [7, 11) is 1.61. The molecule has 0 unspecified atom stereocenters. The van der Waals surface area contributed by atoms with Crippen molar-refractivity contribution in [2.45, 2.75) is 25.7 Å². The van der Waals surface area contributed by atoms with E-state index in [-0.39, 0.29) is 18.4 Å². The van der Waals surface area contributed by atoms with Gasteiger partial charge in [-0.1, -0.05) is 12.8 Å². The highest BCUT2D eigenvalue weighted by atomic mass is 16.5. The van der Waals surface area contributed by atoms with E-state index in [0.29, 0.717) is 11.3 Å². The molecule has 3 rings (SSSR count). The van der Waals surface area contributed by atoms with Gasteiger partial charge in [0.15, 0.2) is 0 Å². The van der Waals surface area contributed by atoms with Gasteiger partial charge in [-0.05, 0) is 61.4 Å². The maximum Gasteiger partial charge on any atom is 0.253 e. The highest BCUT2D eigenvalue weighted by molar-refractivity contribution is 5.96. The summed E-state index contributed by atoms with van der Waals surface area (Å²) < 4.78 is 5.11. The number of rotatable bonds is 6. The van der Waals surface area contributed by atoms with E-state index in [2.05, 4.69) is 10.6 Å². The number of nitrogens with one attached hydrogen (secondary N) is 2. The van der Waals surface area contributed by atoms with Crippen LogP contribution in [-0.2, 0) is 4.79 Å². The van der Waals surface area contributed by atoms with E-state index in [4.69, 9.17) is 4.74 Å². The first-order valence-corrected chi connectivity index (χ1v) is 9.73. The monoisotopic (exact) mass is 381 g/mol. The Kier molecular flexibility index (Phi) is 6.89. The molecule has 2 aromatic rings. The molecule has 148 valence electrons. The minimum Gasteiger partial charge on any atom is -0.497 e. The second kappa shape index (κ2) is 9.78. The number of hydrogen-bond acceptors (Lipinski definition) is 4. The number of carbonyl (C=O) groups is 2. The molecule has 0 atom stereocenters. The quantitative estimate of drug-likeness (QED) is 0.799. The van der Waals surface area contributed by atoms with Crippen molar-refractivity contribution in [3.63, 3.8) is 0 Å². The maximum absolute atomic E-state index is 12.6. The zero-order valence-electron chi connectivity index (χ0n) is 16.2. The van der Waals surface area contributed by atoms with Gasteiger partial charge in [0.1, 0.15) is 5.75 Å². The highest BCUT2D eigenvalue weighted by Crippen LogP contribution is 2.17. The number of amides is 2. The van der Waals surface area contributed by atoms with Crippen molar-refractivity contribution in [3.8, 4) is 5.75 Å². The summed E-state index contributed by atoms with van der Waals surface area (Å²) in [5, 5.41) is 5.91. The third kappa shape index (κ3) is 5.49. The summed E-state index contributed by atoms with van der Waals surface area (Å²) >= 11 is 0. The van der Waals surface area contributed by atoms with E-state index in [1.54, 1.807) is 31.4 Å². The fourth-order valence-electron chi connectivity index (χ4n) is 3.25. The zero-order chi connectivity index (χ0) is 19.8. The summed E-state index contributed by atoms with van der Waals surface area (Å²) in [6, 6.07) is 14.5. The van der Waals surface area contributed by atoms with Crippen LogP contribution in [0.3, 0.4) is 0 Å². The van der Waals surface area contributed by atoms with E-state index >= 15 is 0 Å². The lowest BCUT2D eigenvalue weighted by Gasteiger charge is -2.20. The number of carbonyl (C=O) groups excluding carboxylic acids is 2. The van der Waals surface area contributed by atoms with Gasteiger partial charge in [-0.3, -0.25) is 9.59 Å². The molecule has 0 aromatic heterocycles. The van der Waals surface area contributed by atoms with Crippen LogP contribution in [0.25, 0.3) is 0 Å². The van der Waals surface area contributed by atoms with Gasteiger partial charge >= 0.3 is 0 Å². The highest BCUT2D eigenvalue weighted by Gasteiger charge is 2.17. The predicted octanol–water partition coefficient (Wildman–Crippen LogP) is 3.76. The molecule has 6 heteroatoms. The van der Waals surface area contributed by atoms with Crippen molar-refractivity contribution >= 4 is 23.2 Å². The Balaban J connectivity index is 1.50. The maximum atomic E-state index is 12.6. The van der Waals surface area contributed by atoms with Crippen molar-refractivity contribution in [2.24, 2.45) is 0 Å². The van der Waals surface area contributed by atoms with Crippen molar-refractivity contribution in [1.82, 2.24) is 4.90 Å². The van der Waals surface area contributed by atoms with Gasteiger partial charge in [0.2, 0.25) is 5.91 Å². The summed E-state index contributed by atoms with van der Waals surface area (Å²) in [6.45, 7) is 1.81. The Morgan fingerprint density at radius 1 is 0.893 bits per heavy atom. The van der Waals surface area contributed by atoms with Crippen molar-refractivity contribution in [1.29, 1.82) is 0 Å². The van der Waals surface area contributed by atoms with Crippen LogP contribution in [0.1, 0.15) is 36.0 Å². The molecular weight excluding hydrogens is 354 g/mol. The van der Waals surface area contributed by atoms with Crippen LogP contribution in [0, 0.1) is 0 Å². The Morgan fingerprint density at radius 3 is 2.11 bits per heavy atom. The van der Waals surface area contributed by atoms with E-state index < -0.39 is 0 Å². The molecule has 1 fully saturated rings. The molecule has 0 bridgehead atoms. The minimum atomic E-state index is -0.151. The third-order valence-corrected chi connectivity index (χ3v) is 4.85. The molecule has 2 aromatic carbocycles. The van der Waals surface area contributed by atoms with Crippen LogP contribution < -0.4 is 15.4 Å². The average Bonchev–Trinajstić information content (AvgIpc) is 3.02. The van der Waals surface area contributed by atoms with Crippen LogP contribution in [0.15, 0.2) is 48.5 Å². The zero-order valence-corrected chi connectivity index (χ0v) is 16.2. The summed E-state index contributed by atoms with van der Waals surface area (Å²) in [6.07, 6.45) is 4.53. The Morgan fingerprint density at radius 2 is 1.50 bits per heavy atom. The summed E-state index contributed by atoms with van der Waals surface area (Å²) in [5.41, 5.74) is 2.18. The first-order valence-electron chi connectivity index (χ1n) is 9.73.